The smallest absolute Gasteiger partial charge is 0.201 e. The van der Waals surface area contributed by atoms with Crippen molar-refractivity contribution < 1.29 is 8.78 Å². The van der Waals surface area contributed by atoms with Gasteiger partial charge < -0.3 is 0 Å². The Hall–Kier alpha value is -2.76. The Morgan fingerprint density at radius 3 is 2.27 bits per heavy atom. The minimum Gasteiger partial charge on any atom is -0.274 e. The number of nitrogens with zero attached hydrogens (tertiary/aromatic N) is 4. The van der Waals surface area contributed by atoms with Gasteiger partial charge in [0.15, 0.2) is 11.6 Å². The molecule has 4 rings (SSSR count). The molecule has 26 heavy (non-hydrogen) atoms. The molecule has 0 amide bonds. The van der Waals surface area contributed by atoms with Crippen LogP contribution in [0, 0.1) is 11.6 Å². The maximum atomic E-state index is 14.8. The predicted octanol–water partition coefficient (Wildman–Crippen LogP) is 4.21. The van der Waals surface area contributed by atoms with Crippen LogP contribution in [0.1, 0.15) is 44.6 Å². The first kappa shape index (κ1) is 16.7. The van der Waals surface area contributed by atoms with E-state index >= 15 is 0 Å². The van der Waals surface area contributed by atoms with Crippen LogP contribution in [-0.2, 0) is 5.41 Å². The predicted molar refractivity (Wildman–Crippen MR) is 96.4 cm³/mol. The molecule has 0 saturated carbocycles. The van der Waals surface area contributed by atoms with E-state index in [1.54, 1.807) is 6.07 Å². The van der Waals surface area contributed by atoms with Crippen molar-refractivity contribution in [3.05, 3.63) is 65.0 Å². The van der Waals surface area contributed by atoms with Gasteiger partial charge in [0.25, 0.3) is 0 Å². The second-order valence-corrected chi connectivity index (χ2v) is 7.55. The molecule has 0 unspecified atom stereocenters. The molecule has 1 aliphatic heterocycles. The second-order valence-electron chi connectivity index (χ2n) is 7.55. The molecule has 3 aromatic rings. The molecule has 132 valence electrons. The Balaban J connectivity index is 2.02. The normalized spacial score (nSPS) is 17.7. The lowest BCUT2D eigenvalue weighted by Crippen LogP contribution is -2.47. The summed E-state index contributed by atoms with van der Waals surface area (Å²) in [6.45, 7) is 7.53. The third-order valence-corrected chi connectivity index (χ3v) is 5.47. The summed E-state index contributed by atoms with van der Waals surface area (Å²) in [7, 11) is 0. The molecule has 0 saturated heterocycles. The van der Waals surface area contributed by atoms with E-state index in [-0.39, 0.29) is 0 Å². The van der Waals surface area contributed by atoms with Crippen LogP contribution in [0.25, 0.3) is 11.0 Å². The van der Waals surface area contributed by atoms with Crippen molar-refractivity contribution in [1.82, 2.24) is 15.2 Å². The van der Waals surface area contributed by atoms with Gasteiger partial charge in [-0.15, -0.1) is 10.2 Å². The zero-order chi connectivity index (χ0) is 18.7. The Bertz CT molecular complexity index is 1070. The Morgan fingerprint density at radius 1 is 0.846 bits per heavy atom. The molecule has 0 spiro atoms. The largest absolute Gasteiger partial charge is 0.274 e. The molecule has 2 aromatic carbocycles. The van der Waals surface area contributed by atoms with Crippen LogP contribution in [0.4, 0.5) is 8.78 Å². The lowest BCUT2D eigenvalue weighted by molar-refractivity contribution is 0.289. The third kappa shape index (κ3) is 2.25. The van der Waals surface area contributed by atoms with Crippen LogP contribution in [0.5, 0.6) is 0 Å². The lowest BCUT2D eigenvalue weighted by atomic mass is 9.66. The number of rotatable bonds is 1. The van der Waals surface area contributed by atoms with E-state index in [9.17, 15) is 8.78 Å². The van der Waals surface area contributed by atoms with Crippen LogP contribution < -0.4 is 0 Å². The number of hydrogen-bond acceptors (Lipinski definition) is 4. The number of hydrogen-bond donors (Lipinski definition) is 0. The summed E-state index contributed by atoms with van der Waals surface area (Å²) in [6, 6.07) is 10.0. The Labute approximate surface area is 150 Å². The van der Waals surface area contributed by atoms with Crippen molar-refractivity contribution in [2.45, 2.75) is 38.6 Å². The van der Waals surface area contributed by atoms with Crippen LogP contribution in [-0.4, -0.2) is 26.4 Å². The quantitative estimate of drug-likeness (QED) is 0.659. The summed E-state index contributed by atoms with van der Waals surface area (Å²) in [5.41, 5.74) is 1.18. The highest BCUT2D eigenvalue weighted by Gasteiger charge is 2.46. The highest BCUT2D eigenvalue weighted by Crippen LogP contribution is 2.45. The molecule has 0 fully saturated rings. The highest BCUT2D eigenvalue weighted by atomic mass is 19.2. The monoisotopic (exact) mass is 352 g/mol. The van der Waals surface area contributed by atoms with E-state index < -0.39 is 22.6 Å². The molecule has 4 nitrogen and oxygen atoms in total. The van der Waals surface area contributed by atoms with Crippen molar-refractivity contribution in [2.75, 3.05) is 0 Å². The van der Waals surface area contributed by atoms with Gasteiger partial charge >= 0.3 is 0 Å². The van der Waals surface area contributed by atoms with E-state index in [0.717, 1.165) is 6.07 Å². The van der Waals surface area contributed by atoms with E-state index in [1.165, 1.54) is 0 Å². The number of para-hydroxylation sites is 1. The van der Waals surface area contributed by atoms with Gasteiger partial charge in [-0.2, -0.15) is 0 Å². The van der Waals surface area contributed by atoms with Crippen molar-refractivity contribution >= 4 is 16.7 Å². The number of aromatic nitrogens is 3. The summed E-state index contributed by atoms with van der Waals surface area (Å²) in [5.74, 6) is -1.41. The first-order valence-corrected chi connectivity index (χ1v) is 8.41. The standard InChI is InChI=1S/C20H18F2N4/c1-19(2)15-11(9-10-12(21)16(15)22)17(24-20(19,3)4)18-23-13-7-5-6-8-14(13)25-26-18/h5-10H,1-4H3. The molecule has 0 N–H and O–H groups in total. The van der Waals surface area contributed by atoms with Gasteiger partial charge in [0.1, 0.15) is 11.2 Å². The van der Waals surface area contributed by atoms with Gasteiger partial charge in [0, 0.05) is 16.5 Å². The minimum absolute atomic E-state index is 0.296. The van der Waals surface area contributed by atoms with Gasteiger partial charge in [-0.05, 0) is 38.1 Å². The summed E-state index contributed by atoms with van der Waals surface area (Å²) >= 11 is 0. The number of benzene rings is 2. The molecule has 0 radical (unpaired) electrons. The third-order valence-electron chi connectivity index (χ3n) is 5.47. The van der Waals surface area contributed by atoms with Gasteiger partial charge in [-0.1, -0.05) is 26.0 Å². The zero-order valence-electron chi connectivity index (χ0n) is 15.0. The van der Waals surface area contributed by atoms with Crippen LogP contribution >= 0.6 is 0 Å². The number of fused-ring (bicyclic) bond motifs is 2. The first-order valence-electron chi connectivity index (χ1n) is 8.41. The molecular weight excluding hydrogens is 334 g/mol. The number of halogens is 2. The average molecular weight is 352 g/mol. The molecule has 6 heteroatoms. The molecule has 1 aliphatic rings. The number of aliphatic imine (C=N–C) groups is 1. The maximum Gasteiger partial charge on any atom is 0.201 e. The van der Waals surface area contributed by atoms with E-state index in [1.807, 2.05) is 52.0 Å². The SMILES string of the molecule is CC1(C)N=C(c2nnc3ccccc3n2)c2ccc(F)c(F)c2C1(C)C. The van der Waals surface area contributed by atoms with Crippen molar-refractivity contribution in [3.63, 3.8) is 0 Å². The van der Waals surface area contributed by atoms with Gasteiger partial charge in [0.2, 0.25) is 5.82 Å². The summed E-state index contributed by atoms with van der Waals surface area (Å²) in [6.07, 6.45) is 0. The topological polar surface area (TPSA) is 51.0 Å². The minimum atomic E-state index is -0.869. The molecule has 2 heterocycles. The molecule has 1 aromatic heterocycles. The van der Waals surface area contributed by atoms with Crippen LogP contribution in [0.15, 0.2) is 41.4 Å². The zero-order valence-corrected chi connectivity index (χ0v) is 15.0. The van der Waals surface area contributed by atoms with Gasteiger partial charge in [-0.3, -0.25) is 4.99 Å². The molecular formula is C20H18F2N4. The van der Waals surface area contributed by atoms with E-state index in [0.29, 0.717) is 33.7 Å². The lowest BCUT2D eigenvalue weighted by Gasteiger charge is -2.44. The fraction of sp³-hybridized carbons (Fsp3) is 0.300. The fourth-order valence-corrected chi connectivity index (χ4v) is 3.30. The maximum absolute atomic E-state index is 14.8. The second kappa shape index (κ2) is 5.37. The van der Waals surface area contributed by atoms with Gasteiger partial charge in [-0.25, -0.2) is 13.8 Å². The Kier molecular flexibility index (Phi) is 3.45. The molecule has 0 atom stereocenters. The first-order chi connectivity index (χ1) is 12.2. The van der Waals surface area contributed by atoms with Gasteiger partial charge in [0.05, 0.1) is 11.1 Å². The summed E-state index contributed by atoms with van der Waals surface area (Å²) in [4.78, 5) is 9.36. The Morgan fingerprint density at radius 2 is 1.54 bits per heavy atom. The summed E-state index contributed by atoms with van der Waals surface area (Å²) < 4.78 is 28.8. The fourth-order valence-electron chi connectivity index (χ4n) is 3.30. The molecule has 0 bridgehead atoms. The van der Waals surface area contributed by atoms with E-state index in [2.05, 4.69) is 15.2 Å². The summed E-state index contributed by atoms with van der Waals surface area (Å²) in [5, 5.41) is 8.38. The average Bonchev–Trinajstić information content (AvgIpc) is 2.60. The van der Waals surface area contributed by atoms with E-state index in [4.69, 9.17) is 4.99 Å². The van der Waals surface area contributed by atoms with Crippen LogP contribution in [0.2, 0.25) is 0 Å². The molecule has 0 aliphatic carbocycles. The highest BCUT2D eigenvalue weighted by molar-refractivity contribution is 6.13. The van der Waals surface area contributed by atoms with Crippen molar-refractivity contribution in [1.29, 1.82) is 0 Å². The van der Waals surface area contributed by atoms with Crippen molar-refractivity contribution in [3.8, 4) is 0 Å². The van der Waals surface area contributed by atoms with Crippen LogP contribution in [0.3, 0.4) is 0 Å². The van der Waals surface area contributed by atoms with Crippen molar-refractivity contribution in [2.24, 2.45) is 4.99 Å².